The summed E-state index contributed by atoms with van der Waals surface area (Å²) in [6, 6.07) is 12.7. The molecular weight excluding hydrogens is 384 g/mol. The number of hydrogen-bond acceptors (Lipinski definition) is 5. The van der Waals surface area contributed by atoms with E-state index >= 15 is 0 Å². The standard InChI is InChI=1S/C20H19ClN2O3S/c1-14-4-9-18-22-16(11-19(24)23(18)12-14)13-26-20(25)3-2-10-27-17-7-5-15(21)6-8-17/h4-9,11-12H,2-3,10,13H2,1H3. The summed E-state index contributed by atoms with van der Waals surface area (Å²) in [6.45, 7) is 1.91. The van der Waals surface area contributed by atoms with Crippen LogP contribution in [0.15, 0.2) is 58.4 Å². The van der Waals surface area contributed by atoms with Crippen LogP contribution in [0.2, 0.25) is 5.02 Å². The molecule has 0 aliphatic heterocycles. The average molecular weight is 403 g/mol. The van der Waals surface area contributed by atoms with Crippen LogP contribution in [0.4, 0.5) is 0 Å². The fourth-order valence-electron chi connectivity index (χ4n) is 2.50. The summed E-state index contributed by atoms with van der Waals surface area (Å²) in [7, 11) is 0. The van der Waals surface area contributed by atoms with Crippen molar-refractivity contribution in [3.63, 3.8) is 0 Å². The Labute approximate surface area is 166 Å². The zero-order valence-electron chi connectivity index (χ0n) is 14.9. The fourth-order valence-corrected chi connectivity index (χ4v) is 3.48. The van der Waals surface area contributed by atoms with Crippen molar-refractivity contribution in [3.05, 3.63) is 75.3 Å². The fraction of sp³-hybridized carbons (Fsp3) is 0.250. The summed E-state index contributed by atoms with van der Waals surface area (Å²) in [4.78, 5) is 29.5. The first-order valence-corrected chi connectivity index (χ1v) is 9.90. The van der Waals surface area contributed by atoms with E-state index < -0.39 is 0 Å². The average Bonchev–Trinajstić information content (AvgIpc) is 2.65. The normalized spacial score (nSPS) is 10.9. The summed E-state index contributed by atoms with van der Waals surface area (Å²) in [6.07, 6.45) is 2.77. The Morgan fingerprint density at radius 1 is 1.22 bits per heavy atom. The monoisotopic (exact) mass is 402 g/mol. The van der Waals surface area contributed by atoms with Gasteiger partial charge >= 0.3 is 5.97 Å². The molecule has 0 aliphatic carbocycles. The van der Waals surface area contributed by atoms with Gasteiger partial charge in [-0.25, -0.2) is 4.98 Å². The molecule has 0 N–H and O–H groups in total. The zero-order chi connectivity index (χ0) is 19.2. The van der Waals surface area contributed by atoms with Gasteiger partial charge in [0.2, 0.25) is 0 Å². The van der Waals surface area contributed by atoms with E-state index in [1.165, 1.54) is 10.5 Å². The molecule has 0 unspecified atom stereocenters. The van der Waals surface area contributed by atoms with Gasteiger partial charge in [0.1, 0.15) is 12.3 Å². The number of fused-ring (bicyclic) bond motifs is 1. The van der Waals surface area contributed by atoms with Gasteiger partial charge in [0.25, 0.3) is 5.56 Å². The first-order valence-electron chi connectivity index (χ1n) is 8.54. The highest BCUT2D eigenvalue weighted by Crippen LogP contribution is 2.21. The van der Waals surface area contributed by atoms with E-state index in [1.807, 2.05) is 37.3 Å². The van der Waals surface area contributed by atoms with Gasteiger partial charge in [0.05, 0.1) is 5.69 Å². The number of rotatable bonds is 7. The van der Waals surface area contributed by atoms with E-state index in [-0.39, 0.29) is 18.1 Å². The molecule has 0 radical (unpaired) electrons. The first-order chi connectivity index (χ1) is 13.0. The Morgan fingerprint density at radius 3 is 2.78 bits per heavy atom. The maximum Gasteiger partial charge on any atom is 0.306 e. The van der Waals surface area contributed by atoms with Crippen molar-refractivity contribution in [1.29, 1.82) is 0 Å². The van der Waals surface area contributed by atoms with Crippen LogP contribution in [-0.2, 0) is 16.1 Å². The molecule has 0 aliphatic rings. The lowest BCUT2D eigenvalue weighted by atomic mass is 10.3. The van der Waals surface area contributed by atoms with Gasteiger partial charge in [-0.1, -0.05) is 17.7 Å². The topological polar surface area (TPSA) is 60.7 Å². The molecule has 0 spiro atoms. The van der Waals surface area contributed by atoms with Crippen LogP contribution in [0, 0.1) is 6.92 Å². The number of carbonyl (C=O) groups is 1. The molecule has 3 aromatic rings. The predicted octanol–water partition coefficient (Wildman–Crippen LogP) is 4.27. The number of thioether (sulfide) groups is 1. The van der Waals surface area contributed by atoms with Crippen LogP contribution in [0.25, 0.3) is 5.65 Å². The number of nitrogens with zero attached hydrogens (tertiary/aromatic N) is 2. The minimum atomic E-state index is -0.294. The molecule has 0 atom stereocenters. The molecule has 0 saturated heterocycles. The molecule has 3 rings (SSSR count). The number of ether oxygens (including phenoxy) is 1. The Balaban J connectivity index is 1.46. The summed E-state index contributed by atoms with van der Waals surface area (Å²) in [5.41, 5.74) is 1.78. The van der Waals surface area contributed by atoms with Gasteiger partial charge in [-0.05, 0) is 55.0 Å². The zero-order valence-corrected chi connectivity index (χ0v) is 16.4. The Kier molecular flexibility index (Phi) is 6.53. The molecular formula is C20H19ClN2O3S. The molecule has 5 nitrogen and oxygen atoms in total. The minimum Gasteiger partial charge on any atom is -0.459 e. The summed E-state index contributed by atoms with van der Waals surface area (Å²) < 4.78 is 6.73. The van der Waals surface area contributed by atoms with Crippen LogP contribution >= 0.6 is 23.4 Å². The molecule has 0 bridgehead atoms. The SMILES string of the molecule is Cc1ccc2nc(COC(=O)CCCSc3ccc(Cl)cc3)cc(=O)n2c1. The number of carbonyl (C=O) groups excluding carboxylic acids is 1. The van der Waals surface area contributed by atoms with Gasteiger partial charge in [-0.2, -0.15) is 0 Å². The molecule has 2 heterocycles. The lowest BCUT2D eigenvalue weighted by Gasteiger charge is -2.07. The summed E-state index contributed by atoms with van der Waals surface area (Å²) >= 11 is 7.52. The van der Waals surface area contributed by atoms with Crippen molar-refractivity contribution in [2.24, 2.45) is 0 Å². The molecule has 7 heteroatoms. The van der Waals surface area contributed by atoms with Crippen LogP contribution in [0.5, 0.6) is 0 Å². The largest absolute Gasteiger partial charge is 0.459 e. The number of halogens is 1. The van der Waals surface area contributed by atoms with Crippen LogP contribution in [0.3, 0.4) is 0 Å². The van der Waals surface area contributed by atoms with Gasteiger partial charge in [-0.15, -0.1) is 11.8 Å². The Morgan fingerprint density at radius 2 is 2.00 bits per heavy atom. The highest BCUT2D eigenvalue weighted by molar-refractivity contribution is 7.99. The highest BCUT2D eigenvalue weighted by Gasteiger charge is 2.07. The van der Waals surface area contributed by atoms with Gasteiger partial charge in [0.15, 0.2) is 0 Å². The van der Waals surface area contributed by atoms with E-state index in [1.54, 1.807) is 24.0 Å². The number of hydrogen-bond donors (Lipinski definition) is 0. The van der Waals surface area contributed by atoms with Gasteiger partial charge in [0, 0.05) is 28.6 Å². The van der Waals surface area contributed by atoms with E-state index in [0.29, 0.717) is 29.2 Å². The molecule has 140 valence electrons. The number of esters is 1. The van der Waals surface area contributed by atoms with Crippen molar-refractivity contribution >= 4 is 35.0 Å². The molecule has 1 aromatic carbocycles. The van der Waals surface area contributed by atoms with E-state index in [4.69, 9.17) is 16.3 Å². The Hall–Kier alpha value is -2.31. The molecule has 0 fully saturated rings. The molecule has 2 aromatic heterocycles. The lowest BCUT2D eigenvalue weighted by Crippen LogP contribution is -2.16. The Bertz CT molecular complexity index is 1000. The summed E-state index contributed by atoms with van der Waals surface area (Å²) in [5, 5.41) is 0.708. The second-order valence-electron chi connectivity index (χ2n) is 6.09. The lowest BCUT2D eigenvalue weighted by molar-refractivity contribution is -0.145. The van der Waals surface area contributed by atoms with Crippen molar-refractivity contribution in [1.82, 2.24) is 9.38 Å². The van der Waals surface area contributed by atoms with Crippen LogP contribution < -0.4 is 5.56 Å². The van der Waals surface area contributed by atoms with E-state index in [9.17, 15) is 9.59 Å². The maximum absolute atomic E-state index is 12.1. The first kappa shape index (κ1) is 19.5. The van der Waals surface area contributed by atoms with Gasteiger partial charge < -0.3 is 4.74 Å². The predicted molar refractivity (Wildman–Crippen MR) is 107 cm³/mol. The number of pyridine rings is 1. The third-order valence-corrected chi connectivity index (χ3v) is 5.20. The van der Waals surface area contributed by atoms with Gasteiger partial charge in [-0.3, -0.25) is 14.0 Å². The van der Waals surface area contributed by atoms with Crippen molar-refractivity contribution < 1.29 is 9.53 Å². The minimum absolute atomic E-state index is 0.00275. The van der Waals surface area contributed by atoms with Crippen molar-refractivity contribution in [2.45, 2.75) is 31.3 Å². The second kappa shape index (κ2) is 9.06. The van der Waals surface area contributed by atoms with E-state index in [2.05, 4.69) is 4.98 Å². The smallest absolute Gasteiger partial charge is 0.306 e. The third kappa shape index (κ3) is 5.58. The van der Waals surface area contributed by atoms with Crippen molar-refractivity contribution in [2.75, 3.05) is 5.75 Å². The highest BCUT2D eigenvalue weighted by atomic mass is 35.5. The third-order valence-electron chi connectivity index (χ3n) is 3.85. The number of aromatic nitrogens is 2. The second-order valence-corrected chi connectivity index (χ2v) is 7.69. The molecule has 27 heavy (non-hydrogen) atoms. The maximum atomic E-state index is 12.1. The molecule has 0 saturated carbocycles. The van der Waals surface area contributed by atoms with Crippen molar-refractivity contribution in [3.8, 4) is 0 Å². The van der Waals surface area contributed by atoms with E-state index in [0.717, 1.165) is 16.2 Å². The molecule has 0 amide bonds. The van der Waals surface area contributed by atoms with Crippen LogP contribution in [0.1, 0.15) is 24.1 Å². The summed E-state index contributed by atoms with van der Waals surface area (Å²) in [5.74, 6) is 0.517. The number of aryl methyl sites for hydroxylation is 1. The number of benzene rings is 1. The quantitative estimate of drug-likeness (QED) is 0.335. The van der Waals surface area contributed by atoms with Crippen LogP contribution in [-0.4, -0.2) is 21.1 Å².